The van der Waals surface area contributed by atoms with Gasteiger partial charge in [-0.05, 0) is 50.5 Å². The number of ether oxygens (including phenoxy) is 5. The van der Waals surface area contributed by atoms with Crippen molar-refractivity contribution in [2.75, 3.05) is 6.61 Å². The van der Waals surface area contributed by atoms with Crippen molar-refractivity contribution in [1.82, 2.24) is 0 Å². The van der Waals surface area contributed by atoms with Gasteiger partial charge in [0.05, 0.1) is 40.6 Å². The molecule has 0 unspecified atom stereocenters. The first-order chi connectivity index (χ1) is 20.9. The summed E-state index contributed by atoms with van der Waals surface area (Å²) in [4.78, 5) is 52.1. The molecule has 4 aliphatic rings. The second-order valence-corrected chi connectivity index (χ2v) is 13.5. The molecular formula is C33H42O12. The van der Waals surface area contributed by atoms with E-state index in [1.165, 1.54) is 27.7 Å². The zero-order valence-corrected chi connectivity index (χ0v) is 26.6. The molecule has 45 heavy (non-hydrogen) atoms. The monoisotopic (exact) mass is 630 g/mol. The zero-order valence-electron chi connectivity index (χ0n) is 26.6. The zero-order chi connectivity index (χ0) is 33.3. The van der Waals surface area contributed by atoms with Crippen LogP contribution in [0.3, 0.4) is 0 Å². The molecule has 0 amide bonds. The van der Waals surface area contributed by atoms with Gasteiger partial charge < -0.3 is 39.0 Å². The topological polar surface area (TPSA) is 175 Å². The molecule has 246 valence electrons. The number of esters is 4. The van der Waals surface area contributed by atoms with Gasteiger partial charge in [0.2, 0.25) is 0 Å². The van der Waals surface area contributed by atoms with Gasteiger partial charge in [-0.1, -0.05) is 25.1 Å². The lowest BCUT2D eigenvalue weighted by atomic mass is 9.49. The third-order valence-corrected chi connectivity index (χ3v) is 10.5. The van der Waals surface area contributed by atoms with Crippen LogP contribution >= 0.6 is 0 Å². The highest BCUT2D eigenvalue weighted by Gasteiger charge is 2.80. The summed E-state index contributed by atoms with van der Waals surface area (Å²) >= 11 is 0. The van der Waals surface area contributed by atoms with Crippen molar-refractivity contribution < 1.29 is 58.2 Å². The van der Waals surface area contributed by atoms with E-state index in [0.29, 0.717) is 5.57 Å². The minimum Gasteiger partial charge on any atom is -0.462 e. The lowest BCUT2D eigenvalue weighted by Crippen LogP contribution is -2.79. The van der Waals surface area contributed by atoms with E-state index in [0.717, 1.165) is 6.92 Å². The van der Waals surface area contributed by atoms with E-state index in [1.807, 2.05) is 0 Å². The van der Waals surface area contributed by atoms with Crippen molar-refractivity contribution in [2.24, 2.45) is 16.7 Å². The summed E-state index contributed by atoms with van der Waals surface area (Å²) < 4.78 is 30.3. The molecule has 10 atom stereocenters. The molecule has 0 aromatic heterocycles. The third-order valence-electron chi connectivity index (χ3n) is 10.5. The maximum atomic E-state index is 14.0. The van der Waals surface area contributed by atoms with Crippen LogP contribution in [0.25, 0.3) is 0 Å². The Hall–Kier alpha value is -3.32. The van der Waals surface area contributed by atoms with Crippen LogP contribution in [0.15, 0.2) is 41.5 Å². The number of carbonyl (C=O) groups is 4. The van der Waals surface area contributed by atoms with Crippen molar-refractivity contribution in [2.45, 2.75) is 109 Å². The van der Waals surface area contributed by atoms with E-state index in [1.54, 1.807) is 44.2 Å². The van der Waals surface area contributed by atoms with E-state index in [-0.39, 0.29) is 30.6 Å². The molecule has 3 N–H and O–H groups in total. The van der Waals surface area contributed by atoms with E-state index in [9.17, 15) is 34.5 Å². The minimum absolute atomic E-state index is 0.000130. The van der Waals surface area contributed by atoms with Gasteiger partial charge in [0.25, 0.3) is 0 Å². The molecule has 3 fully saturated rings. The van der Waals surface area contributed by atoms with Gasteiger partial charge in [-0.3, -0.25) is 14.4 Å². The van der Waals surface area contributed by atoms with E-state index < -0.39 is 88.5 Å². The van der Waals surface area contributed by atoms with Gasteiger partial charge in [-0.25, -0.2) is 4.79 Å². The number of carbonyl (C=O) groups excluding carboxylic acids is 4. The third kappa shape index (κ3) is 4.88. The molecule has 12 heteroatoms. The fourth-order valence-corrected chi connectivity index (χ4v) is 8.71. The second kappa shape index (κ2) is 11.2. The fraction of sp³-hybridized carbons (Fsp3) is 0.636. The highest BCUT2D eigenvalue weighted by Crippen LogP contribution is 2.68. The van der Waals surface area contributed by atoms with Crippen molar-refractivity contribution in [1.29, 1.82) is 0 Å². The minimum atomic E-state index is -1.80. The summed E-state index contributed by atoms with van der Waals surface area (Å²) in [6.45, 7) is 9.64. The quantitative estimate of drug-likeness (QED) is 0.237. The Morgan fingerprint density at radius 1 is 0.933 bits per heavy atom. The molecule has 12 nitrogen and oxygen atoms in total. The average Bonchev–Trinajstić information content (AvgIpc) is 3.18. The molecule has 0 radical (unpaired) electrons. The molecule has 0 bridgehead atoms. The molecule has 1 heterocycles. The van der Waals surface area contributed by atoms with E-state index in [4.69, 9.17) is 23.7 Å². The summed E-state index contributed by atoms with van der Waals surface area (Å²) in [5, 5.41) is 35.9. The first kappa shape index (κ1) is 33.1. The Labute approximate surface area is 261 Å². The molecule has 0 spiro atoms. The fourth-order valence-electron chi connectivity index (χ4n) is 8.71. The number of fused-ring (bicyclic) bond motifs is 4. The van der Waals surface area contributed by atoms with Crippen LogP contribution in [0, 0.1) is 16.7 Å². The van der Waals surface area contributed by atoms with Crippen molar-refractivity contribution in [3.05, 3.63) is 47.0 Å². The summed E-state index contributed by atoms with van der Waals surface area (Å²) in [6, 6.07) is 8.14. The Morgan fingerprint density at radius 2 is 1.56 bits per heavy atom. The van der Waals surface area contributed by atoms with Crippen molar-refractivity contribution in [3.8, 4) is 0 Å². The van der Waals surface area contributed by atoms with Gasteiger partial charge in [-0.15, -0.1) is 0 Å². The normalized spacial score (nSPS) is 38.8. The lowest BCUT2D eigenvalue weighted by molar-refractivity contribution is -0.352. The Kier molecular flexibility index (Phi) is 8.21. The maximum absolute atomic E-state index is 14.0. The predicted octanol–water partition coefficient (Wildman–Crippen LogP) is 2.02. The van der Waals surface area contributed by atoms with Gasteiger partial charge in [-0.2, -0.15) is 0 Å². The van der Waals surface area contributed by atoms with E-state index >= 15 is 0 Å². The van der Waals surface area contributed by atoms with Gasteiger partial charge >= 0.3 is 23.9 Å². The first-order valence-corrected chi connectivity index (χ1v) is 15.1. The highest BCUT2D eigenvalue weighted by atomic mass is 16.6. The van der Waals surface area contributed by atoms with Gasteiger partial charge in [0.1, 0.15) is 30.5 Å². The van der Waals surface area contributed by atoms with Crippen LogP contribution in [0.2, 0.25) is 0 Å². The maximum Gasteiger partial charge on any atom is 0.338 e. The van der Waals surface area contributed by atoms with Gasteiger partial charge in [0, 0.05) is 27.2 Å². The summed E-state index contributed by atoms with van der Waals surface area (Å²) in [6.07, 6.45) is -7.93. The molecule has 1 aliphatic heterocycles. The molecule has 3 aliphatic carbocycles. The molecule has 2 saturated carbocycles. The number of aliphatic hydroxyl groups excluding tert-OH is 2. The van der Waals surface area contributed by atoms with Crippen LogP contribution in [-0.2, 0) is 38.1 Å². The summed E-state index contributed by atoms with van der Waals surface area (Å²) in [5.74, 6) is -4.09. The lowest BCUT2D eigenvalue weighted by Gasteiger charge is -2.65. The van der Waals surface area contributed by atoms with Crippen LogP contribution in [0.1, 0.15) is 71.7 Å². The van der Waals surface area contributed by atoms with Crippen molar-refractivity contribution >= 4 is 23.9 Å². The van der Waals surface area contributed by atoms with E-state index in [2.05, 4.69) is 0 Å². The molecule has 1 aromatic rings. The summed E-state index contributed by atoms with van der Waals surface area (Å²) in [7, 11) is 0. The Bertz CT molecular complexity index is 1410. The molecule has 1 saturated heterocycles. The van der Waals surface area contributed by atoms with Gasteiger partial charge in [0.15, 0.2) is 5.60 Å². The molecule has 1 aromatic carbocycles. The predicted molar refractivity (Wildman–Crippen MR) is 155 cm³/mol. The summed E-state index contributed by atoms with van der Waals surface area (Å²) in [5.41, 5.74) is -6.04. The highest BCUT2D eigenvalue weighted by molar-refractivity contribution is 5.89. The van der Waals surface area contributed by atoms with Crippen LogP contribution < -0.4 is 0 Å². The molecular weight excluding hydrogens is 588 g/mol. The SMILES string of the molecule is CC(=O)O[C@H]1C[C@H]2OC[C@@]2(OC(C)=O)[C@H]2[C@H](OC(=O)c3ccccc3)[C@]3(C(C)(C)O)C[C@H](O)C(C)=C3[C@@H](O)[C@H](OC(C)=O)[C@]12C. The van der Waals surface area contributed by atoms with Crippen LogP contribution in [-0.4, -0.2) is 93.6 Å². The number of rotatable bonds is 6. The van der Waals surface area contributed by atoms with Crippen molar-refractivity contribution in [3.63, 3.8) is 0 Å². The average molecular weight is 631 g/mol. The second-order valence-electron chi connectivity index (χ2n) is 13.5. The number of benzene rings is 1. The number of hydrogen-bond donors (Lipinski definition) is 3. The number of aliphatic hydroxyl groups is 3. The smallest absolute Gasteiger partial charge is 0.338 e. The molecule has 5 rings (SSSR count). The largest absolute Gasteiger partial charge is 0.462 e. The number of hydrogen-bond acceptors (Lipinski definition) is 12. The standard InChI is InChI=1S/C33H42O12/c1-16-21(37)14-32(30(5,6)40)24(16)25(38)27(43-18(3)35)31(7)22(42-17(2)34)13-23-33(15-41-23,45-19(4)36)26(31)28(32)44-29(39)20-11-9-8-10-12-20/h8-12,21-23,25-28,37-38,40H,13-15H2,1-7H3/t21-,22-,23+,25+,26-,27-,28-,31+,32-,33-/m0/s1. The Morgan fingerprint density at radius 3 is 2.07 bits per heavy atom. The first-order valence-electron chi connectivity index (χ1n) is 15.1. The van der Waals surface area contributed by atoms with Crippen LogP contribution in [0.5, 0.6) is 0 Å². The Balaban J connectivity index is 1.90. The van der Waals surface area contributed by atoms with Crippen LogP contribution in [0.4, 0.5) is 0 Å².